The van der Waals surface area contributed by atoms with Gasteiger partial charge in [0.2, 0.25) is 5.91 Å². The van der Waals surface area contributed by atoms with Crippen molar-refractivity contribution in [3.05, 3.63) is 76.0 Å². The van der Waals surface area contributed by atoms with E-state index in [1.54, 1.807) is 6.92 Å². The van der Waals surface area contributed by atoms with Gasteiger partial charge < -0.3 is 9.88 Å². The van der Waals surface area contributed by atoms with Crippen LogP contribution < -0.4 is 5.32 Å². The summed E-state index contributed by atoms with van der Waals surface area (Å²) >= 11 is 12.8. The Kier molecular flexibility index (Phi) is 7.34. The second kappa shape index (κ2) is 9.95. The first-order chi connectivity index (χ1) is 14.0. The quantitative estimate of drug-likeness (QED) is 0.345. The van der Waals surface area contributed by atoms with Gasteiger partial charge in [0.15, 0.2) is 0 Å². The molecule has 0 aliphatic rings. The van der Waals surface area contributed by atoms with E-state index in [1.165, 1.54) is 0 Å². The number of benzene rings is 2. The second-order valence-corrected chi connectivity index (χ2v) is 7.96. The van der Waals surface area contributed by atoms with Crippen molar-refractivity contribution in [2.45, 2.75) is 39.2 Å². The molecule has 0 bridgehead atoms. The number of aryl methyl sites for hydroxylation is 1. The molecule has 1 aromatic heterocycles. The van der Waals surface area contributed by atoms with Crippen LogP contribution in [0.1, 0.15) is 37.6 Å². The van der Waals surface area contributed by atoms with Gasteiger partial charge in [-0.25, -0.2) is 4.98 Å². The van der Waals surface area contributed by atoms with E-state index >= 15 is 0 Å². The molecule has 0 aliphatic carbocycles. The number of carbonyl (C=O) groups is 1. The van der Waals surface area contributed by atoms with Crippen LogP contribution in [0.15, 0.2) is 54.6 Å². The minimum Gasteiger partial charge on any atom is -0.352 e. The first-order valence-electron chi connectivity index (χ1n) is 9.78. The molecule has 1 amide bonds. The fourth-order valence-electron chi connectivity index (χ4n) is 3.27. The van der Waals surface area contributed by atoms with Crippen LogP contribution in [-0.4, -0.2) is 22.0 Å². The minimum atomic E-state index is -0.0802. The number of fused-ring (bicyclic) bond motifs is 1. The number of rotatable bonds is 9. The maximum absolute atomic E-state index is 11.5. The van der Waals surface area contributed by atoms with E-state index in [0.29, 0.717) is 28.7 Å². The van der Waals surface area contributed by atoms with Crippen molar-refractivity contribution in [3.63, 3.8) is 0 Å². The van der Waals surface area contributed by atoms with Gasteiger partial charge in [0.25, 0.3) is 0 Å². The molecule has 6 heteroatoms. The SMILES string of the molecule is C=C(C)C(=O)NCCCCCc1nc2ccccc2n1Cc1c(Cl)cccc1Cl. The lowest BCUT2D eigenvalue weighted by Gasteiger charge is -2.12. The summed E-state index contributed by atoms with van der Waals surface area (Å²) in [4.78, 5) is 16.4. The van der Waals surface area contributed by atoms with Crippen LogP contribution in [0.3, 0.4) is 0 Å². The molecule has 29 heavy (non-hydrogen) atoms. The van der Waals surface area contributed by atoms with Crippen molar-refractivity contribution in [1.82, 2.24) is 14.9 Å². The van der Waals surface area contributed by atoms with Crippen LogP contribution in [0, 0.1) is 0 Å². The number of nitrogens with zero attached hydrogens (tertiary/aromatic N) is 2. The van der Waals surface area contributed by atoms with Crippen molar-refractivity contribution in [2.75, 3.05) is 6.54 Å². The molecule has 0 saturated carbocycles. The predicted octanol–water partition coefficient (Wildman–Crippen LogP) is 5.80. The zero-order valence-electron chi connectivity index (χ0n) is 16.5. The first kappa shape index (κ1) is 21.4. The van der Waals surface area contributed by atoms with Crippen LogP contribution in [0.4, 0.5) is 0 Å². The number of unbranched alkanes of at least 4 members (excludes halogenated alkanes) is 2. The van der Waals surface area contributed by atoms with Crippen molar-refractivity contribution in [2.24, 2.45) is 0 Å². The lowest BCUT2D eigenvalue weighted by atomic mass is 10.1. The van der Waals surface area contributed by atoms with E-state index in [4.69, 9.17) is 28.2 Å². The van der Waals surface area contributed by atoms with E-state index in [0.717, 1.165) is 48.1 Å². The molecule has 0 atom stereocenters. The molecule has 0 aliphatic heterocycles. The summed E-state index contributed by atoms with van der Waals surface area (Å²) in [5, 5.41) is 4.19. The molecule has 4 nitrogen and oxygen atoms in total. The highest BCUT2D eigenvalue weighted by Crippen LogP contribution is 2.28. The Morgan fingerprint density at radius 3 is 2.52 bits per heavy atom. The highest BCUT2D eigenvalue weighted by atomic mass is 35.5. The van der Waals surface area contributed by atoms with Gasteiger partial charge in [-0.15, -0.1) is 0 Å². The summed E-state index contributed by atoms with van der Waals surface area (Å²) in [6, 6.07) is 13.7. The third-order valence-electron chi connectivity index (χ3n) is 4.86. The third-order valence-corrected chi connectivity index (χ3v) is 5.57. The molecule has 0 radical (unpaired) electrons. The molecule has 0 saturated heterocycles. The molecule has 3 rings (SSSR count). The summed E-state index contributed by atoms with van der Waals surface area (Å²) in [6.07, 6.45) is 3.77. The van der Waals surface area contributed by atoms with Crippen molar-refractivity contribution in [1.29, 1.82) is 0 Å². The molecule has 152 valence electrons. The summed E-state index contributed by atoms with van der Waals surface area (Å²) in [5.41, 5.74) is 3.49. The van der Waals surface area contributed by atoms with Gasteiger partial charge in [0, 0.05) is 34.1 Å². The summed E-state index contributed by atoms with van der Waals surface area (Å²) in [7, 11) is 0. The Morgan fingerprint density at radius 2 is 1.79 bits per heavy atom. The van der Waals surface area contributed by atoms with Gasteiger partial charge in [0.1, 0.15) is 5.82 Å². The maximum Gasteiger partial charge on any atom is 0.246 e. The molecule has 0 spiro atoms. The van der Waals surface area contributed by atoms with E-state index in [9.17, 15) is 4.79 Å². The predicted molar refractivity (Wildman–Crippen MR) is 121 cm³/mol. The Balaban J connectivity index is 1.69. The molecular weight excluding hydrogens is 405 g/mol. The molecule has 2 aromatic carbocycles. The van der Waals surface area contributed by atoms with E-state index in [2.05, 4.69) is 22.5 Å². The highest BCUT2D eigenvalue weighted by molar-refractivity contribution is 6.36. The topological polar surface area (TPSA) is 46.9 Å². The maximum atomic E-state index is 11.5. The number of aromatic nitrogens is 2. The van der Waals surface area contributed by atoms with Gasteiger partial charge in [-0.05, 0) is 44.0 Å². The van der Waals surface area contributed by atoms with Crippen LogP contribution in [0.5, 0.6) is 0 Å². The zero-order chi connectivity index (χ0) is 20.8. The van der Waals surface area contributed by atoms with Crippen LogP contribution >= 0.6 is 23.2 Å². The van der Waals surface area contributed by atoms with E-state index < -0.39 is 0 Å². The lowest BCUT2D eigenvalue weighted by molar-refractivity contribution is -0.117. The largest absolute Gasteiger partial charge is 0.352 e. The zero-order valence-corrected chi connectivity index (χ0v) is 18.1. The Hall–Kier alpha value is -2.30. The second-order valence-electron chi connectivity index (χ2n) is 7.15. The first-order valence-corrected chi connectivity index (χ1v) is 10.5. The van der Waals surface area contributed by atoms with E-state index in [1.807, 2.05) is 36.4 Å². The van der Waals surface area contributed by atoms with Gasteiger partial charge in [-0.1, -0.05) is 54.4 Å². The third kappa shape index (κ3) is 5.40. The normalized spacial score (nSPS) is 11.0. The molecular formula is C23H25Cl2N3O. The van der Waals surface area contributed by atoms with E-state index in [-0.39, 0.29) is 5.91 Å². The Bertz CT molecular complexity index is 1010. The van der Waals surface area contributed by atoms with Crippen LogP contribution in [-0.2, 0) is 17.8 Å². The van der Waals surface area contributed by atoms with Gasteiger partial charge in [-0.2, -0.15) is 0 Å². The van der Waals surface area contributed by atoms with Crippen molar-refractivity contribution in [3.8, 4) is 0 Å². The number of amides is 1. The number of halogens is 2. The van der Waals surface area contributed by atoms with Gasteiger partial charge in [-0.3, -0.25) is 4.79 Å². The number of carbonyl (C=O) groups excluding carboxylic acids is 1. The molecule has 1 heterocycles. The average molecular weight is 430 g/mol. The number of nitrogens with one attached hydrogen (secondary N) is 1. The molecule has 3 aromatic rings. The Labute approximate surface area is 181 Å². The van der Waals surface area contributed by atoms with Crippen LogP contribution in [0.25, 0.3) is 11.0 Å². The minimum absolute atomic E-state index is 0.0802. The van der Waals surface area contributed by atoms with Gasteiger partial charge >= 0.3 is 0 Å². The highest BCUT2D eigenvalue weighted by Gasteiger charge is 2.14. The smallest absolute Gasteiger partial charge is 0.246 e. The molecule has 0 fully saturated rings. The molecule has 1 N–H and O–H groups in total. The summed E-state index contributed by atoms with van der Waals surface area (Å²) < 4.78 is 2.20. The number of hydrogen-bond acceptors (Lipinski definition) is 2. The number of imidazole rings is 1. The number of para-hydroxylation sites is 2. The van der Waals surface area contributed by atoms with Gasteiger partial charge in [0.05, 0.1) is 17.6 Å². The standard InChI is InChI=1S/C23H25Cl2N3O/c1-16(2)23(29)26-14-7-3-4-13-22-27-20-11-5-6-12-21(20)28(22)15-17-18(24)9-8-10-19(17)25/h5-6,8-12H,1,3-4,7,13-15H2,2H3,(H,26,29). The fraction of sp³-hybridized carbons (Fsp3) is 0.304. The van der Waals surface area contributed by atoms with Crippen molar-refractivity contribution < 1.29 is 4.79 Å². The lowest BCUT2D eigenvalue weighted by Crippen LogP contribution is -2.24. The number of hydrogen-bond donors (Lipinski definition) is 1. The average Bonchev–Trinajstić information content (AvgIpc) is 3.04. The summed E-state index contributed by atoms with van der Waals surface area (Å²) in [5.74, 6) is 0.941. The van der Waals surface area contributed by atoms with Crippen molar-refractivity contribution >= 4 is 40.1 Å². The Morgan fingerprint density at radius 1 is 1.07 bits per heavy atom. The van der Waals surface area contributed by atoms with Crippen LogP contribution in [0.2, 0.25) is 10.0 Å². The molecule has 0 unspecified atom stereocenters. The fourth-order valence-corrected chi connectivity index (χ4v) is 3.79. The monoisotopic (exact) mass is 429 g/mol. The summed E-state index contributed by atoms with van der Waals surface area (Å²) in [6.45, 7) is 6.61.